The van der Waals surface area contributed by atoms with Crippen LogP contribution in [-0.2, 0) is 17.1 Å². The molecule has 0 radical (unpaired) electrons. The Labute approximate surface area is 232 Å². The van der Waals surface area contributed by atoms with Crippen LogP contribution in [0.15, 0.2) is 42.5 Å². The third-order valence-electron chi connectivity index (χ3n) is 8.30. The Bertz CT molecular complexity index is 1240. The van der Waals surface area contributed by atoms with Gasteiger partial charge in [0, 0.05) is 49.6 Å². The summed E-state index contributed by atoms with van der Waals surface area (Å²) in [5, 5.41) is 3.01. The Morgan fingerprint density at radius 2 is 1.46 bits per heavy atom. The number of halogens is 7. The van der Waals surface area contributed by atoms with Gasteiger partial charge in [-0.1, -0.05) is 12.1 Å². The average molecular weight is 586 g/mol. The van der Waals surface area contributed by atoms with Crippen LogP contribution in [0.3, 0.4) is 0 Å². The van der Waals surface area contributed by atoms with Crippen LogP contribution in [0.4, 0.5) is 30.7 Å². The lowest BCUT2D eigenvalue weighted by Gasteiger charge is -2.43. The van der Waals surface area contributed by atoms with Crippen LogP contribution in [-0.4, -0.2) is 60.4 Å². The first-order chi connectivity index (χ1) is 19.3. The first-order valence-corrected chi connectivity index (χ1v) is 13.7. The largest absolute Gasteiger partial charge is 0.416 e. The van der Waals surface area contributed by atoms with E-state index in [1.807, 2.05) is 0 Å². The highest BCUT2D eigenvalue weighted by molar-refractivity contribution is 5.95. The monoisotopic (exact) mass is 585 g/mol. The minimum Gasteiger partial charge on any atom is -0.356 e. The van der Waals surface area contributed by atoms with Crippen LogP contribution in [0, 0.1) is 17.7 Å². The van der Waals surface area contributed by atoms with E-state index in [1.165, 1.54) is 17.0 Å². The molecule has 0 aromatic heterocycles. The number of piperidine rings is 1. The molecule has 2 amide bonds. The predicted molar refractivity (Wildman–Crippen MR) is 135 cm³/mol. The average Bonchev–Trinajstić information content (AvgIpc) is 3.68. The molecule has 1 aliphatic carbocycles. The van der Waals surface area contributed by atoms with Gasteiger partial charge in [-0.3, -0.25) is 14.5 Å². The number of carbonyl (C=O) groups excluding carboxylic acids is 2. The molecule has 2 aromatic rings. The molecule has 3 atom stereocenters. The lowest BCUT2D eigenvalue weighted by Crippen LogP contribution is -2.51. The fourth-order valence-corrected chi connectivity index (χ4v) is 5.92. The standard InChI is InChI=1S/C29H30F7N3O2/c30-23-5-3-18(4-6-23)24-16-39(27(41)20-11-21(28(31,32)33)13-22(12-20)29(34,35)36)10-8-25(24)38-9-7-17(15-38)14-37-26(40)19-1-2-19/h3-6,11-13,17,19,24-25H,1-2,7-10,14-16H2,(H,37,40). The summed E-state index contributed by atoms with van der Waals surface area (Å²) in [5.74, 6) is -1.30. The summed E-state index contributed by atoms with van der Waals surface area (Å²) in [6.07, 6.45) is -7.02. The van der Waals surface area contributed by atoms with Crippen molar-refractivity contribution in [2.24, 2.45) is 11.8 Å². The van der Waals surface area contributed by atoms with Crippen molar-refractivity contribution in [2.45, 2.75) is 50.0 Å². The summed E-state index contributed by atoms with van der Waals surface area (Å²) in [6.45, 7) is 2.18. The lowest BCUT2D eigenvalue weighted by molar-refractivity contribution is -0.143. The number of likely N-dealkylation sites (tertiary alicyclic amines) is 2. The topological polar surface area (TPSA) is 52.7 Å². The van der Waals surface area contributed by atoms with Crippen molar-refractivity contribution in [3.8, 4) is 0 Å². The quantitative estimate of drug-likeness (QED) is 0.442. The molecular formula is C29H30F7N3O2. The van der Waals surface area contributed by atoms with Gasteiger partial charge < -0.3 is 10.2 Å². The zero-order valence-electron chi connectivity index (χ0n) is 22.1. The van der Waals surface area contributed by atoms with E-state index in [0.717, 1.165) is 31.4 Å². The van der Waals surface area contributed by atoms with E-state index >= 15 is 0 Å². The Kier molecular flexibility index (Phi) is 8.06. The third kappa shape index (κ3) is 6.85. The maximum absolute atomic E-state index is 13.7. The molecule has 1 N–H and O–H groups in total. The maximum Gasteiger partial charge on any atom is 0.416 e. The highest BCUT2D eigenvalue weighted by Crippen LogP contribution is 2.38. The Morgan fingerprint density at radius 3 is 2.05 bits per heavy atom. The number of hydrogen-bond donors (Lipinski definition) is 1. The molecule has 0 spiro atoms. The second-order valence-electron chi connectivity index (χ2n) is 11.2. The molecule has 41 heavy (non-hydrogen) atoms. The zero-order valence-corrected chi connectivity index (χ0v) is 22.1. The minimum atomic E-state index is -5.07. The van der Waals surface area contributed by atoms with E-state index in [0.29, 0.717) is 31.6 Å². The molecule has 2 aromatic carbocycles. The van der Waals surface area contributed by atoms with E-state index in [4.69, 9.17) is 0 Å². The summed E-state index contributed by atoms with van der Waals surface area (Å²) in [6, 6.07) is 6.59. The van der Waals surface area contributed by atoms with Crippen molar-refractivity contribution in [3.05, 3.63) is 70.5 Å². The second kappa shape index (κ2) is 11.3. The summed E-state index contributed by atoms with van der Waals surface area (Å²) < 4.78 is 94.1. The molecule has 2 aliphatic heterocycles. The molecule has 5 rings (SSSR count). The van der Waals surface area contributed by atoms with Crippen LogP contribution in [0.5, 0.6) is 0 Å². The van der Waals surface area contributed by atoms with Gasteiger partial charge in [0.25, 0.3) is 5.91 Å². The SMILES string of the molecule is O=C(NCC1CCN(C2CCN(C(=O)c3cc(C(F)(F)F)cc(C(F)(F)F)c3)CC2c2ccc(F)cc2)C1)C1CC1. The van der Waals surface area contributed by atoms with Crippen LogP contribution >= 0.6 is 0 Å². The zero-order chi connectivity index (χ0) is 29.5. The molecule has 3 fully saturated rings. The molecule has 1 saturated carbocycles. The van der Waals surface area contributed by atoms with Crippen molar-refractivity contribution in [1.29, 1.82) is 0 Å². The first kappa shape index (κ1) is 29.3. The van der Waals surface area contributed by atoms with E-state index in [2.05, 4.69) is 10.2 Å². The summed E-state index contributed by atoms with van der Waals surface area (Å²) in [4.78, 5) is 29.0. The highest BCUT2D eigenvalue weighted by atomic mass is 19.4. The summed E-state index contributed by atoms with van der Waals surface area (Å²) >= 11 is 0. The van der Waals surface area contributed by atoms with Crippen LogP contribution in [0.25, 0.3) is 0 Å². The van der Waals surface area contributed by atoms with Gasteiger partial charge in [0.1, 0.15) is 5.82 Å². The molecule has 3 aliphatic rings. The molecule has 3 unspecified atom stereocenters. The Hall–Kier alpha value is -3.15. The molecule has 2 saturated heterocycles. The summed E-state index contributed by atoms with van der Waals surface area (Å²) in [5.41, 5.74) is -3.05. The van der Waals surface area contributed by atoms with Gasteiger partial charge in [0.15, 0.2) is 0 Å². The van der Waals surface area contributed by atoms with Crippen molar-refractivity contribution in [3.63, 3.8) is 0 Å². The third-order valence-corrected chi connectivity index (χ3v) is 8.30. The van der Waals surface area contributed by atoms with E-state index in [1.54, 1.807) is 12.1 Å². The number of carbonyl (C=O) groups is 2. The Balaban J connectivity index is 1.35. The molecule has 222 valence electrons. The van der Waals surface area contributed by atoms with Crippen molar-refractivity contribution in [2.75, 3.05) is 32.7 Å². The van der Waals surface area contributed by atoms with Gasteiger partial charge in [0.05, 0.1) is 11.1 Å². The number of nitrogens with zero attached hydrogens (tertiary/aromatic N) is 2. The van der Waals surface area contributed by atoms with Gasteiger partial charge in [-0.15, -0.1) is 0 Å². The van der Waals surface area contributed by atoms with E-state index in [-0.39, 0.29) is 48.9 Å². The first-order valence-electron chi connectivity index (χ1n) is 13.7. The molecule has 2 heterocycles. The fraction of sp³-hybridized carbons (Fsp3) is 0.517. The van der Waals surface area contributed by atoms with Crippen molar-refractivity contribution >= 4 is 11.8 Å². The highest BCUT2D eigenvalue weighted by Gasteiger charge is 2.41. The maximum atomic E-state index is 13.7. The number of benzene rings is 2. The molecule has 5 nitrogen and oxygen atoms in total. The van der Waals surface area contributed by atoms with E-state index in [9.17, 15) is 40.3 Å². The normalized spacial score (nSPS) is 24.0. The number of hydrogen-bond acceptors (Lipinski definition) is 3. The number of nitrogens with one attached hydrogen (secondary N) is 1. The van der Waals surface area contributed by atoms with Gasteiger partial charge >= 0.3 is 12.4 Å². The van der Waals surface area contributed by atoms with Crippen molar-refractivity contribution < 1.29 is 40.3 Å². The van der Waals surface area contributed by atoms with Crippen LogP contribution in [0.1, 0.15) is 58.6 Å². The summed E-state index contributed by atoms with van der Waals surface area (Å²) in [7, 11) is 0. The van der Waals surface area contributed by atoms with Gasteiger partial charge in [-0.05, 0) is 74.0 Å². The van der Waals surface area contributed by atoms with Crippen molar-refractivity contribution in [1.82, 2.24) is 15.1 Å². The number of amides is 2. The van der Waals surface area contributed by atoms with Gasteiger partial charge in [-0.25, -0.2) is 4.39 Å². The van der Waals surface area contributed by atoms with Crippen LogP contribution in [0.2, 0.25) is 0 Å². The number of rotatable bonds is 6. The Morgan fingerprint density at radius 1 is 0.829 bits per heavy atom. The van der Waals surface area contributed by atoms with Gasteiger partial charge in [-0.2, -0.15) is 26.3 Å². The lowest BCUT2D eigenvalue weighted by atomic mass is 9.84. The predicted octanol–water partition coefficient (Wildman–Crippen LogP) is 5.71. The molecular weight excluding hydrogens is 555 g/mol. The van der Waals surface area contributed by atoms with E-state index < -0.39 is 40.8 Å². The fourth-order valence-electron chi connectivity index (χ4n) is 5.92. The van der Waals surface area contributed by atoms with Gasteiger partial charge in [0.2, 0.25) is 5.91 Å². The molecule has 12 heteroatoms. The minimum absolute atomic E-state index is 0.00119. The number of alkyl halides is 6. The van der Waals surface area contributed by atoms with Crippen LogP contribution < -0.4 is 5.32 Å². The smallest absolute Gasteiger partial charge is 0.356 e. The molecule has 0 bridgehead atoms. The second-order valence-corrected chi connectivity index (χ2v) is 11.2.